The van der Waals surface area contributed by atoms with Crippen LogP contribution in [0, 0.1) is 0 Å². The molecule has 0 saturated heterocycles. The van der Waals surface area contributed by atoms with Crippen molar-refractivity contribution < 1.29 is 4.74 Å². The van der Waals surface area contributed by atoms with Crippen molar-refractivity contribution in [3.8, 4) is 5.75 Å². The van der Waals surface area contributed by atoms with Gasteiger partial charge in [-0.05, 0) is 36.6 Å². The number of hydrogen-bond donors (Lipinski definition) is 1. The van der Waals surface area contributed by atoms with Crippen molar-refractivity contribution in [1.82, 2.24) is 9.78 Å². The summed E-state index contributed by atoms with van der Waals surface area (Å²) in [7, 11) is 1.89. The maximum atomic E-state index is 6.21. The summed E-state index contributed by atoms with van der Waals surface area (Å²) in [6, 6.07) is 9.73. The van der Waals surface area contributed by atoms with Gasteiger partial charge in [0.15, 0.2) is 0 Å². The Morgan fingerprint density at radius 1 is 1.39 bits per heavy atom. The number of nitrogens with two attached hydrogens (primary N) is 1. The number of nitrogens with zero attached hydrogens (tertiary/aromatic N) is 2. The van der Waals surface area contributed by atoms with Crippen LogP contribution in [0.1, 0.15) is 30.1 Å². The molecule has 1 aromatic heterocycles. The summed E-state index contributed by atoms with van der Waals surface area (Å²) in [5, 5.41) is 4.34. The molecule has 94 valence electrons. The van der Waals surface area contributed by atoms with Crippen molar-refractivity contribution >= 4 is 0 Å². The zero-order chi connectivity index (χ0) is 12.5. The first-order valence-electron chi connectivity index (χ1n) is 6.24. The lowest BCUT2D eigenvalue weighted by Gasteiger charge is -2.11. The fourth-order valence-corrected chi connectivity index (χ4v) is 1.93. The molecular weight excluding hydrogens is 226 g/mol. The first-order chi connectivity index (χ1) is 8.72. The van der Waals surface area contributed by atoms with E-state index in [1.54, 1.807) is 4.68 Å². The van der Waals surface area contributed by atoms with Gasteiger partial charge in [-0.2, -0.15) is 5.10 Å². The van der Waals surface area contributed by atoms with Gasteiger partial charge in [0.1, 0.15) is 5.75 Å². The highest BCUT2D eigenvalue weighted by Crippen LogP contribution is 2.28. The van der Waals surface area contributed by atoms with E-state index >= 15 is 0 Å². The minimum Gasteiger partial charge on any atom is -0.490 e. The molecule has 0 bridgehead atoms. The van der Waals surface area contributed by atoms with E-state index in [1.807, 2.05) is 43.6 Å². The summed E-state index contributed by atoms with van der Waals surface area (Å²) in [6.45, 7) is 0. The SMILES string of the molecule is Cn1ccc(C(N)c2cccc(OC3CC3)c2)n1. The van der Waals surface area contributed by atoms with Crippen LogP contribution in [0.25, 0.3) is 0 Å². The maximum Gasteiger partial charge on any atom is 0.120 e. The lowest BCUT2D eigenvalue weighted by Crippen LogP contribution is -2.13. The number of hydrogen-bond acceptors (Lipinski definition) is 3. The van der Waals surface area contributed by atoms with Gasteiger partial charge >= 0.3 is 0 Å². The fraction of sp³-hybridized carbons (Fsp3) is 0.357. The van der Waals surface area contributed by atoms with Crippen LogP contribution in [-0.2, 0) is 7.05 Å². The number of aromatic nitrogens is 2. The first kappa shape index (κ1) is 11.3. The maximum absolute atomic E-state index is 6.21. The second-order valence-electron chi connectivity index (χ2n) is 4.78. The molecule has 0 radical (unpaired) electrons. The average Bonchev–Trinajstić information content (AvgIpc) is 3.08. The highest BCUT2D eigenvalue weighted by molar-refractivity contribution is 5.34. The zero-order valence-electron chi connectivity index (χ0n) is 10.4. The van der Waals surface area contributed by atoms with E-state index in [0.717, 1.165) is 29.8 Å². The van der Waals surface area contributed by atoms with Gasteiger partial charge in [0.2, 0.25) is 0 Å². The number of ether oxygens (including phenoxy) is 1. The molecule has 1 saturated carbocycles. The Kier molecular flexibility index (Phi) is 2.80. The van der Waals surface area contributed by atoms with Gasteiger partial charge in [-0.1, -0.05) is 12.1 Å². The Balaban J connectivity index is 1.81. The molecule has 0 aliphatic heterocycles. The van der Waals surface area contributed by atoms with Crippen LogP contribution in [0.3, 0.4) is 0 Å². The van der Waals surface area contributed by atoms with Crippen LogP contribution in [0.5, 0.6) is 5.75 Å². The number of aryl methyl sites for hydroxylation is 1. The molecule has 1 aliphatic carbocycles. The second-order valence-corrected chi connectivity index (χ2v) is 4.78. The molecule has 1 atom stereocenters. The number of rotatable bonds is 4. The second kappa shape index (κ2) is 4.46. The summed E-state index contributed by atoms with van der Waals surface area (Å²) in [4.78, 5) is 0. The van der Waals surface area contributed by atoms with E-state index in [2.05, 4.69) is 5.10 Å². The Hall–Kier alpha value is -1.81. The van der Waals surface area contributed by atoms with Crippen molar-refractivity contribution in [3.05, 3.63) is 47.8 Å². The van der Waals surface area contributed by atoms with Crippen LogP contribution in [-0.4, -0.2) is 15.9 Å². The van der Waals surface area contributed by atoms with E-state index in [9.17, 15) is 0 Å². The molecule has 1 aliphatic rings. The Labute approximate surface area is 106 Å². The summed E-state index contributed by atoms with van der Waals surface area (Å²) >= 11 is 0. The van der Waals surface area contributed by atoms with Crippen LogP contribution in [0.4, 0.5) is 0 Å². The lowest BCUT2D eigenvalue weighted by molar-refractivity contribution is 0.303. The molecule has 4 heteroatoms. The highest BCUT2D eigenvalue weighted by Gasteiger charge is 2.23. The minimum absolute atomic E-state index is 0.200. The highest BCUT2D eigenvalue weighted by atomic mass is 16.5. The molecule has 18 heavy (non-hydrogen) atoms. The van der Waals surface area contributed by atoms with Gasteiger partial charge in [0.25, 0.3) is 0 Å². The van der Waals surface area contributed by atoms with Crippen LogP contribution >= 0.6 is 0 Å². The van der Waals surface area contributed by atoms with E-state index in [1.165, 1.54) is 0 Å². The van der Waals surface area contributed by atoms with Crippen LogP contribution in [0.2, 0.25) is 0 Å². The summed E-state index contributed by atoms with van der Waals surface area (Å²) in [5.41, 5.74) is 8.12. The third-order valence-corrected chi connectivity index (χ3v) is 3.10. The molecule has 1 heterocycles. The van der Waals surface area contributed by atoms with Gasteiger partial charge in [0, 0.05) is 13.2 Å². The molecule has 1 fully saturated rings. The monoisotopic (exact) mass is 243 g/mol. The van der Waals surface area contributed by atoms with Gasteiger partial charge in [-0.25, -0.2) is 0 Å². The Morgan fingerprint density at radius 2 is 2.22 bits per heavy atom. The summed E-state index contributed by atoms with van der Waals surface area (Å²) < 4.78 is 7.54. The standard InChI is InChI=1S/C14H17N3O/c1-17-8-7-13(16-17)14(15)10-3-2-4-12(9-10)18-11-5-6-11/h2-4,7-9,11,14H,5-6,15H2,1H3. The van der Waals surface area contributed by atoms with Gasteiger partial charge < -0.3 is 10.5 Å². The fourth-order valence-electron chi connectivity index (χ4n) is 1.93. The van der Waals surface area contributed by atoms with Gasteiger partial charge in [0.05, 0.1) is 17.8 Å². The third-order valence-electron chi connectivity index (χ3n) is 3.10. The molecule has 1 aromatic carbocycles. The first-order valence-corrected chi connectivity index (χ1v) is 6.24. The Bertz CT molecular complexity index is 545. The van der Waals surface area contributed by atoms with Crippen molar-refractivity contribution in [2.45, 2.75) is 25.0 Å². The van der Waals surface area contributed by atoms with E-state index in [4.69, 9.17) is 10.5 Å². The zero-order valence-corrected chi connectivity index (χ0v) is 10.4. The van der Waals surface area contributed by atoms with Gasteiger partial charge in [-0.15, -0.1) is 0 Å². The molecule has 0 spiro atoms. The smallest absolute Gasteiger partial charge is 0.120 e. The summed E-state index contributed by atoms with van der Waals surface area (Å²) in [5.74, 6) is 0.904. The quantitative estimate of drug-likeness (QED) is 0.893. The van der Waals surface area contributed by atoms with Crippen molar-refractivity contribution in [2.24, 2.45) is 12.8 Å². The number of benzene rings is 1. The molecule has 3 rings (SSSR count). The van der Waals surface area contributed by atoms with E-state index < -0.39 is 0 Å². The Morgan fingerprint density at radius 3 is 2.89 bits per heavy atom. The van der Waals surface area contributed by atoms with Crippen molar-refractivity contribution in [2.75, 3.05) is 0 Å². The molecule has 4 nitrogen and oxygen atoms in total. The van der Waals surface area contributed by atoms with E-state index in [-0.39, 0.29) is 6.04 Å². The average molecular weight is 243 g/mol. The topological polar surface area (TPSA) is 53.1 Å². The van der Waals surface area contributed by atoms with Crippen molar-refractivity contribution in [3.63, 3.8) is 0 Å². The third kappa shape index (κ3) is 2.38. The lowest BCUT2D eigenvalue weighted by atomic mass is 10.0. The van der Waals surface area contributed by atoms with Gasteiger partial charge in [-0.3, -0.25) is 4.68 Å². The molecule has 2 aromatic rings. The largest absolute Gasteiger partial charge is 0.490 e. The molecule has 1 unspecified atom stereocenters. The molecular formula is C14H17N3O. The minimum atomic E-state index is -0.200. The molecule has 2 N–H and O–H groups in total. The normalized spacial score (nSPS) is 16.6. The molecule has 0 amide bonds. The summed E-state index contributed by atoms with van der Waals surface area (Å²) in [6.07, 6.45) is 4.64. The van der Waals surface area contributed by atoms with Crippen LogP contribution in [0.15, 0.2) is 36.5 Å². The predicted molar refractivity (Wildman–Crippen MR) is 69.3 cm³/mol. The van der Waals surface area contributed by atoms with E-state index in [0.29, 0.717) is 6.10 Å². The van der Waals surface area contributed by atoms with Crippen molar-refractivity contribution in [1.29, 1.82) is 0 Å². The predicted octanol–water partition coefficient (Wildman–Crippen LogP) is 2.01. The van der Waals surface area contributed by atoms with Crippen LogP contribution < -0.4 is 10.5 Å².